The maximum absolute atomic E-state index is 9.55. The van der Waals surface area contributed by atoms with Crippen molar-refractivity contribution in [2.24, 2.45) is 0 Å². The van der Waals surface area contributed by atoms with E-state index in [1.54, 1.807) is 9.80 Å². The second-order valence-electron chi connectivity index (χ2n) is 4.04. The first-order valence-corrected chi connectivity index (χ1v) is 6.16. The third kappa shape index (κ3) is 6.30. The molecule has 6 heteroatoms. The fourth-order valence-electron chi connectivity index (χ4n) is 1.62. The molecule has 0 aliphatic heterocycles. The van der Waals surface area contributed by atoms with Crippen LogP contribution < -0.4 is 0 Å². The minimum absolute atomic E-state index is 0.190. The highest BCUT2D eigenvalue weighted by molar-refractivity contribution is 4.61. The largest absolute Gasteiger partial charge is 0.381 e. The van der Waals surface area contributed by atoms with Crippen LogP contribution >= 0.6 is 0 Å². The van der Waals surface area contributed by atoms with Gasteiger partial charge in [0.15, 0.2) is 0 Å². The van der Waals surface area contributed by atoms with Gasteiger partial charge in [0.1, 0.15) is 12.5 Å². The Morgan fingerprint density at radius 2 is 1.18 bits per heavy atom. The van der Waals surface area contributed by atoms with Gasteiger partial charge in [-0.1, -0.05) is 13.8 Å². The summed E-state index contributed by atoms with van der Waals surface area (Å²) in [6.07, 6.45) is 0.497. The molecule has 0 saturated carbocycles. The van der Waals surface area contributed by atoms with E-state index in [4.69, 9.17) is 10.2 Å². The van der Waals surface area contributed by atoms with E-state index in [1.165, 1.54) is 0 Å². The summed E-state index contributed by atoms with van der Waals surface area (Å²) in [5.74, 6) is 0. The number of hydrogen-bond donors (Lipinski definition) is 4. The Morgan fingerprint density at radius 3 is 1.41 bits per heavy atom. The van der Waals surface area contributed by atoms with E-state index in [0.717, 1.165) is 0 Å². The molecule has 0 saturated heterocycles. The van der Waals surface area contributed by atoms with Crippen LogP contribution in [0.3, 0.4) is 0 Å². The second-order valence-corrected chi connectivity index (χ2v) is 4.04. The molecule has 0 aliphatic rings. The summed E-state index contributed by atoms with van der Waals surface area (Å²) in [6.45, 7) is 4.36. The van der Waals surface area contributed by atoms with E-state index in [1.807, 2.05) is 13.8 Å². The summed E-state index contributed by atoms with van der Waals surface area (Å²) >= 11 is 0. The van der Waals surface area contributed by atoms with Crippen molar-refractivity contribution < 1.29 is 20.4 Å². The highest BCUT2D eigenvalue weighted by Gasteiger charge is 2.15. The van der Waals surface area contributed by atoms with Crippen molar-refractivity contribution in [3.63, 3.8) is 0 Å². The topological polar surface area (TPSA) is 87.4 Å². The lowest BCUT2D eigenvalue weighted by molar-refractivity contribution is -0.0641. The van der Waals surface area contributed by atoms with Crippen LogP contribution in [-0.2, 0) is 0 Å². The number of nitrogens with zero attached hydrogens (tertiary/aromatic N) is 2. The van der Waals surface area contributed by atoms with Gasteiger partial charge in [-0.15, -0.1) is 0 Å². The molecular weight excluding hydrogens is 224 g/mol. The van der Waals surface area contributed by atoms with Crippen molar-refractivity contribution in [3.8, 4) is 0 Å². The van der Waals surface area contributed by atoms with Crippen molar-refractivity contribution in [1.29, 1.82) is 0 Å². The summed E-state index contributed by atoms with van der Waals surface area (Å²) in [4.78, 5) is 3.10. The number of aliphatic hydroxyl groups is 4. The Balaban J connectivity index is 3.93. The number of hydrogen-bond acceptors (Lipinski definition) is 6. The smallest absolute Gasteiger partial charge is 0.108 e. The zero-order valence-electron chi connectivity index (χ0n) is 10.8. The quantitative estimate of drug-likeness (QED) is 0.385. The molecule has 6 nitrogen and oxygen atoms in total. The molecule has 2 atom stereocenters. The first-order valence-electron chi connectivity index (χ1n) is 6.16. The molecule has 104 valence electrons. The molecule has 17 heavy (non-hydrogen) atoms. The Labute approximate surface area is 103 Å². The van der Waals surface area contributed by atoms with E-state index in [2.05, 4.69) is 0 Å². The van der Waals surface area contributed by atoms with E-state index in [-0.39, 0.29) is 13.5 Å². The fraction of sp³-hybridized carbons (Fsp3) is 1.00. The predicted molar refractivity (Wildman–Crippen MR) is 64.8 cm³/mol. The molecule has 0 fully saturated rings. The minimum atomic E-state index is -0.640. The predicted octanol–water partition coefficient (Wildman–Crippen LogP) is -0.663. The Morgan fingerprint density at radius 1 is 0.824 bits per heavy atom. The van der Waals surface area contributed by atoms with Crippen molar-refractivity contribution in [2.75, 3.05) is 26.6 Å². The summed E-state index contributed by atoms with van der Waals surface area (Å²) in [7, 11) is 0. The van der Waals surface area contributed by atoms with Gasteiger partial charge in [0.25, 0.3) is 0 Å². The number of aliphatic hydroxyl groups excluding tert-OH is 4. The van der Waals surface area contributed by atoms with Gasteiger partial charge >= 0.3 is 0 Å². The van der Waals surface area contributed by atoms with Crippen LogP contribution in [0.1, 0.15) is 33.1 Å². The Hall–Kier alpha value is -0.240. The molecule has 2 unspecified atom stereocenters. The molecule has 0 aromatic rings. The average molecular weight is 250 g/mol. The zero-order valence-corrected chi connectivity index (χ0v) is 10.8. The highest BCUT2D eigenvalue weighted by atomic mass is 16.3. The van der Waals surface area contributed by atoms with E-state index in [9.17, 15) is 10.2 Å². The second kappa shape index (κ2) is 9.76. The van der Waals surface area contributed by atoms with Crippen LogP contribution in [0.4, 0.5) is 0 Å². The van der Waals surface area contributed by atoms with Gasteiger partial charge < -0.3 is 20.4 Å². The summed E-state index contributed by atoms with van der Waals surface area (Å²) in [5, 5.41) is 37.2. The summed E-state index contributed by atoms with van der Waals surface area (Å²) < 4.78 is 0. The molecule has 0 heterocycles. The van der Waals surface area contributed by atoms with E-state index < -0.39 is 12.5 Å². The van der Waals surface area contributed by atoms with Gasteiger partial charge in [-0.3, -0.25) is 9.80 Å². The van der Waals surface area contributed by atoms with Gasteiger partial charge in [-0.05, 0) is 19.3 Å². The van der Waals surface area contributed by atoms with E-state index >= 15 is 0 Å². The van der Waals surface area contributed by atoms with Crippen molar-refractivity contribution in [2.45, 2.75) is 45.6 Å². The third-order valence-corrected chi connectivity index (χ3v) is 2.83. The van der Waals surface area contributed by atoms with Crippen LogP contribution in [-0.4, -0.2) is 69.2 Å². The summed E-state index contributed by atoms with van der Waals surface area (Å²) in [5.41, 5.74) is 0. The monoisotopic (exact) mass is 250 g/mol. The normalized spacial score (nSPS) is 15.5. The molecule has 0 rings (SSSR count). The molecule has 0 spiro atoms. The van der Waals surface area contributed by atoms with Gasteiger partial charge in [-0.25, -0.2) is 0 Å². The molecular formula is C11H26N2O4. The van der Waals surface area contributed by atoms with Crippen LogP contribution in [0.2, 0.25) is 0 Å². The maximum atomic E-state index is 9.55. The molecule has 0 aromatic heterocycles. The van der Waals surface area contributed by atoms with E-state index in [0.29, 0.717) is 32.4 Å². The fourth-order valence-corrected chi connectivity index (χ4v) is 1.62. The lowest BCUT2D eigenvalue weighted by atomic mass is 10.3. The molecule has 0 amide bonds. The van der Waals surface area contributed by atoms with Gasteiger partial charge in [0.2, 0.25) is 0 Å². The van der Waals surface area contributed by atoms with Crippen molar-refractivity contribution in [1.82, 2.24) is 9.80 Å². The van der Waals surface area contributed by atoms with Gasteiger partial charge in [0, 0.05) is 13.1 Å². The Bertz CT molecular complexity index is 165. The van der Waals surface area contributed by atoms with Gasteiger partial charge in [0.05, 0.1) is 13.5 Å². The third-order valence-electron chi connectivity index (χ3n) is 2.83. The molecule has 0 aliphatic carbocycles. The lowest BCUT2D eigenvalue weighted by Crippen LogP contribution is -2.40. The standard InChI is InChI=1S/C11H26N2O4/c1-3-10(16)12(8-14)6-5-7-13(9-15)11(17)4-2/h10-11,14-17H,3-9H2,1-2H3. The van der Waals surface area contributed by atoms with Crippen LogP contribution in [0, 0.1) is 0 Å². The first-order chi connectivity index (χ1) is 8.10. The summed E-state index contributed by atoms with van der Waals surface area (Å²) in [6, 6.07) is 0. The average Bonchev–Trinajstić information content (AvgIpc) is 2.37. The molecule has 0 aromatic carbocycles. The van der Waals surface area contributed by atoms with Gasteiger partial charge in [-0.2, -0.15) is 0 Å². The Kier molecular flexibility index (Phi) is 9.62. The maximum Gasteiger partial charge on any atom is 0.108 e. The first kappa shape index (κ1) is 16.8. The number of rotatable bonds is 10. The highest BCUT2D eigenvalue weighted by Crippen LogP contribution is 2.04. The van der Waals surface area contributed by atoms with Crippen LogP contribution in [0.25, 0.3) is 0 Å². The minimum Gasteiger partial charge on any atom is -0.381 e. The lowest BCUT2D eigenvalue weighted by Gasteiger charge is -2.28. The van der Waals surface area contributed by atoms with Crippen molar-refractivity contribution >= 4 is 0 Å². The van der Waals surface area contributed by atoms with Crippen molar-refractivity contribution in [3.05, 3.63) is 0 Å². The molecule has 0 bridgehead atoms. The zero-order chi connectivity index (χ0) is 13.3. The molecule has 4 N–H and O–H groups in total. The SMILES string of the molecule is CCC(O)N(CO)CCCN(CO)C(O)CC. The van der Waals surface area contributed by atoms with Crippen LogP contribution in [0.15, 0.2) is 0 Å². The van der Waals surface area contributed by atoms with Crippen LogP contribution in [0.5, 0.6) is 0 Å². The molecule has 0 radical (unpaired) electrons.